The number of rotatable bonds is 9. The summed E-state index contributed by atoms with van der Waals surface area (Å²) in [7, 11) is 1.59. The smallest absolute Gasteiger partial charge is 0.336 e. The maximum absolute atomic E-state index is 12.4. The molecule has 3 aromatic rings. The van der Waals surface area contributed by atoms with Crippen molar-refractivity contribution in [2.24, 2.45) is 5.73 Å². The lowest BCUT2D eigenvalue weighted by Gasteiger charge is -2.27. The fourth-order valence-corrected chi connectivity index (χ4v) is 4.12. The average Bonchev–Trinajstić information content (AvgIpc) is 2.92. The van der Waals surface area contributed by atoms with E-state index in [-0.39, 0.29) is 17.2 Å². The maximum Gasteiger partial charge on any atom is 0.336 e. The molecule has 0 fully saturated rings. The minimum Gasteiger partial charge on any atom is -0.497 e. The Balaban J connectivity index is 1.60. The number of benzene rings is 3. The van der Waals surface area contributed by atoms with Crippen LogP contribution in [0.25, 0.3) is 6.08 Å². The lowest BCUT2D eigenvalue weighted by molar-refractivity contribution is -0.128. The van der Waals surface area contributed by atoms with Gasteiger partial charge in [-0.1, -0.05) is 24.3 Å². The molecule has 1 atom stereocenters. The highest BCUT2D eigenvalue weighted by atomic mass is 16.5. The number of nitrogens with two attached hydrogens (primary N) is 1. The zero-order valence-electron chi connectivity index (χ0n) is 21.4. The molecule has 194 valence electrons. The number of carbonyl (C=O) groups excluding carboxylic acids is 1. The second-order valence-electron chi connectivity index (χ2n) is 8.22. The minimum absolute atomic E-state index is 0.0141. The molecular weight excluding hydrogens is 484 g/mol. The zero-order valence-corrected chi connectivity index (χ0v) is 21.4. The molecule has 0 saturated heterocycles. The monoisotopic (exact) mass is 512 g/mol. The number of ether oxygens (including phenoxy) is 5. The van der Waals surface area contributed by atoms with Crippen LogP contribution in [-0.4, -0.2) is 26.3 Å². The third-order valence-corrected chi connectivity index (χ3v) is 5.84. The number of carbonyl (C=O) groups is 1. The normalized spacial score (nSPS) is 14.3. The summed E-state index contributed by atoms with van der Waals surface area (Å²) in [6.45, 7) is 4.74. The number of methoxy groups -OCH3 is 1. The van der Waals surface area contributed by atoms with Crippen LogP contribution >= 0.6 is 0 Å². The van der Waals surface area contributed by atoms with E-state index in [0.29, 0.717) is 36.0 Å². The van der Waals surface area contributed by atoms with Gasteiger partial charge in [0.2, 0.25) is 5.88 Å². The van der Waals surface area contributed by atoms with Crippen molar-refractivity contribution in [2.45, 2.75) is 19.8 Å². The molecular formula is C30H28N2O6. The number of fused-ring (bicyclic) bond motifs is 1. The average molecular weight is 513 g/mol. The molecule has 0 bridgehead atoms. The SMILES string of the molecule is CCOc1ccc(C2C(C#N)=C(N)Oc3cc(OC(=O)/C=C/c4ccc(OC)cc4)ccc32)cc1OCC. The van der Waals surface area contributed by atoms with Gasteiger partial charge in [-0.3, -0.25) is 0 Å². The topological polar surface area (TPSA) is 113 Å². The highest BCUT2D eigenvalue weighted by Gasteiger charge is 2.31. The molecule has 1 unspecified atom stereocenters. The summed E-state index contributed by atoms with van der Waals surface area (Å²) in [4.78, 5) is 12.4. The predicted octanol–water partition coefficient (Wildman–Crippen LogP) is 5.33. The van der Waals surface area contributed by atoms with Gasteiger partial charge in [-0.05, 0) is 61.4 Å². The molecule has 3 aromatic carbocycles. The highest BCUT2D eigenvalue weighted by molar-refractivity contribution is 5.88. The van der Waals surface area contributed by atoms with Gasteiger partial charge in [-0.15, -0.1) is 0 Å². The van der Waals surface area contributed by atoms with Crippen LogP contribution < -0.4 is 29.4 Å². The van der Waals surface area contributed by atoms with Gasteiger partial charge in [0, 0.05) is 17.7 Å². The summed E-state index contributed by atoms with van der Waals surface area (Å²) in [5.41, 5.74) is 8.73. The van der Waals surface area contributed by atoms with E-state index in [2.05, 4.69) is 6.07 Å². The summed E-state index contributed by atoms with van der Waals surface area (Å²) in [6, 6.07) is 20.0. The summed E-state index contributed by atoms with van der Waals surface area (Å²) < 4.78 is 27.8. The van der Waals surface area contributed by atoms with Crippen molar-refractivity contribution < 1.29 is 28.5 Å². The highest BCUT2D eigenvalue weighted by Crippen LogP contribution is 2.45. The maximum atomic E-state index is 12.4. The van der Waals surface area contributed by atoms with Crippen molar-refractivity contribution in [1.29, 1.82) is 5.26 Å². The number of allylic oxidation sites excluding steroid dienone is 1. The number of hydrogen-bond donors (Lipinski definition) is 1. The van der Waals surface area contributed by atoms with Crippen molar-refractivity contribution in [2.75, 3.05) is 20.3 Å². The van der Waals surface area contributed by atoms with Crippen molar-refractivity contribution in [3.63, 3.8) is 0 Å². The van der Waals surface area contributed by atoms with Gasteiger partial charge in [-0.25, -0.2) is 4.79 Å². The Labute approximate surface area is 221 Å². The molecule has 8 heteroatoms. The van der Waals surface area contributed by atoms with E-state index < -0.39 is 11.9 Å². The fraction of sp³-hybridized carbons (Fsp3) is 0.200. The summed E-state index contributed by atoms with van der Waals surface area (Å²) in [5.74, 6) is 1.52. The van der Waals surface area contributed by atoms with Gasteiger partial charge in [-0.2, -0.15) is 5.26 Å². The van der Waals surface area contributed by atoms with E-state index >= 15 is 0 Å². The van der Waals surface area contributed by atoms with E-state index in [1.54, 1.807) is 43.5 Å². The van der Waals surface area contributed by atoms with Crippen LogP contribution in [0.1, 0.15) is 36.5 Å². The van der Waals surface area contributed by atoms with Crippen molar-refractivity contribution >= 4 is 12.0 Å². The van der Waals surface area contributed by atoms with Crippen molar-refractivity contribution in [1.82, 2.24) is 0 Å². The molecule has 0 radical (unpaired) electrons. The first-order valence-electron chi connectivity index (χ1n) is 12.1. The van der Waals surface area contributed by atoms with Crippen molar-refractivity contribution in [3.8, 4) is 34.8 Å². The molecule has 1 aliphatic rings. The van der Waals surface area contributed by atoms with Gasteiger partial charge < -0.3 is 29.4 Å². The molecule has 8 nitrogen and oxygen atoms in total. The van der Waals surface area contributed by atoms with E-state index in [4.69, 9.17) is 29.4 Å². The summed E-state index contributed by atoms with van der Waals surface area (Å²) >= 11 is 0. The molecule has 0 amide bonds. The number of nitrogens with zero attached hydrogens (tertiary/aromatic N) is 1. The minimum atomic E-state index is -0.553. The van der Waals surface area contributed by atoms with E-state index in [1.165, 1.54) is 6.08 Å². The molecule has 4 rings (SSSR count). The molecule has 1 heterocycles. The van der Waals surface area contributed by atoms with Gasteiger partial charge in [0.25, 0.3) is 0 Å². The lowest BCUT2D eigenvalue weighted by atomic mass is 9.83. The molecule has 0 saturated carbocycles. The second kappa shape index (κ2) is 11.9. The second-order valence-corrected chi connectivity index (χ2v) is 8.22. The third kappa shape index (κ3) is 5.73. The molecule has 1 aliphatic heterocycles. The first kappa shape index (κ1) is 26.2. The Morgan fingerprint density at radius 2 is 1.71 bits per heavy atom. The fourth-order valence-electron chi connectivity index (χ4n) is 4.12. The number of esters is 1. The molecule has 0 aliphatic carbocycles. The molecule has 0 aromatic heterocycles. The summed E-state index contributed by atoms with van der Waals surface area (Å²) in [5, 5.41) is 9.88. The first-order chi connectivity index (χ1) is 18.5. The van der Waals surface area contributed by atoms with Crippen LogP contribution in [0, 0.1) is 11.3 Å². The van der Waals surface area contributed by atoms with Gasteiger partial charge in [0.1, 0.15) is 28.9 Å². The van der Waals surface area contributed by atoms with E-state index in [0.717, 1.165) is 16.9 Å². The molecule has 0 spiro atoms. The van der Waals surface area contributed by atoms with Gasteiger partial charge in [0.15, 0.2) is 11.5 Å². The lowest BCUT2D eigenvalue weighted by Crippen LogP contribution is -2.21. The van der Waals surface area contributed by atoms with Crippen LogP contribution in [0.2, 0.25) is 0 Å². The first-order valence-corrected chi connectivity index (χ1v) is 12.1. The molecule has 2 N–H and O–H groups in total. The zero-order chi connectivity index (χ0) is 27.1. The van der Waals surface area contributed by atoms with Crippen molar-refractivity contribution in [3.05, 3.63) is 94.9 Å². The van der Waals surface area contributed by atoms with Crippen LogP contribution in [0.3, 0.4) is 0 Å². The Morgan fingerprint density at radius 1 is 1.00 bits per heavy atom. The Hall–Kier alpha value is -4.90. The van der Waals surface area contributed by atoms with Gasteiger partial charge in [0.05, 0.1) is 26.2 Å². The Morgan fingerprint density at radius 3 is 2.39 bits per heavy atom. The largest absolute Gasteiger partial charge is 0.497 e. The van der Waals surface area contributed by atoms with Crippen LogP contribution in [-0.2, 0) is 4.79 Å². The van der Waals surface area contributed by atoms with E-state index in [9.17, 15) is 10.1 Å². The quantitative estimate of drug-likeness (QED) is 0.233. The van der Waals surface area contributed by atoms with Crippen LogP contribution in [0.4, 0.5) is 0 Å². The number of hydrogen-bond acceptors (Lipinski definition) is 8. The van der Waals surface area contributed by atoms with Crippen LogP contribution in [0.5, 0.6) is 28.7 Å². The molecule has 38 heavy (non-hydrogen) atoms. The standard InChI is InChI=1S/C30H28N2O6/c1-4-35-25-14-9-20(16-27(25)36-5-2)29-23-13-12-22(17-26(23)38-30(32)24(29)18-31)37-28(33)15-8-19-6-10-21(34-3)11-7-19/h6-17,29H,4-5,32H2,1-3H3/b15-8+. The van der Waals surface area contributed by atoms with E-state index in [1.807, 2.05) is 44.2 Å². The predicted molar refractivity (Wildman–Crippen MR) is 142 cm³/mol. The number of nitriles is 1. The summed E-state index contributed by atoms with van der Waals surface area (Å²) in [6.07, 6.45) is 2.98. The Kier molecular flexibility index (Phi) is 8.19. The van der Waals surface area contributed by atoms with Gasteiger partial charge >= 0.3 is 5.97 Å². The third-order valence-electron chi connectivity index (χ3n) is 5.84. The van der Waals surface area contributed by atoms with Crippen LogP contribution in [0.15, 0.2) is 78.2 Å². The Bertz CT molecular complexity index is 1420.